The van der Waals surface area contributed by atoms with E-state index in [0.29, 0.717) is 12.1 Å². The number of nitrogen functional groups attached to an aromatic ring is 1. The lowest BCUT2D eigenvalue weighted by atomic mass is 10.3. The number of anilines is 1. The second-order valence-corrected chi connectivity index (χ2v) is 8.95. The van der Waals surface area contributed by atoms with Crippen molar-refractivity contribution in [1.82, 2.24) is 4.31 Å². The number of nitrogens with two attached hydrogens (primary N) is 1. The summed E-state index contributed by atoms with van der Waals surface area (Å²) in [6, 6.07) is 5.44. The Morgan fingerprint density at radius 2 is 1.90 bits per heavy atom. The highest BCUT2D eigenvalue weighted by Crippen LogP contribution is 2.25. The molecule has 0 aromatic heterocycles. The summed E-state index contributed by atoms with van der Waals surface area (Å²) in [7, 11) is -6.81. The summed E-state index contributed by atoms with van der Waals surface area (Å²) in [5.41, 5.74) is 6.03. The summed E-state index contributed by atoms with van der Waals surface area (Å²) < 4.78 is 49.5. The van der Waals surface area contributed by atoms with Crippen molar-refractivity contribution < 1.29 is 16.8 Å². The van der Waals surface area contributed by atoms with E-state index in [4.69, 9.17) is 5.73 Å². The largest absolute Gasteiger partial charge is 0.399 e. The minimum Gasteiger partial charge on any atom is -0.399 e. The third-order valence-electron chi connectivity index (χ3n) is 3.41. The van der Waals surface area contributed by atoms with Gasteiger partial charge in [-0.25, -0.2) is 16.8 Å². The first-order valence-electron chi connectivity index (χ1n) is 6.34. The van der Waals surface area contributed by atoms with Crippen LogP contribution < -0.4 is 5.73 Å². The summed E-state index contributed by atoms with van der Waals surface area (Å²) in [5.74, 6) is -0.0551. The van der Waals surface area contributed by atoms with Crippen LogP contribution >= 0.6 is 0 Å². The van der Waals surface area contributed by atoms with Gasteiger partial charge in [0.2, 0.25) is 10.0 Å². The van der Waals surface area contributed by atoms with Crippen LogP contribution in [0, 0.1) is 0 Å². The molecule has 1 aromatic rings. The third kappa shape index (κ3) is 2.97. The highest BCUT2D eigenvalue weighted by atomic mass is 32.2. The molecule has 1 saturated heterocycles. The van der Waals surface area contributed by atoms with Crippen LogP contribution in [-0.4, -0.2) is 45.2 Å². The van der Waals surface area contributed by atoms with Gasteiger partial charge in [-0.05, 0) is 30.7 Å². The fourth-order valence-corrected chi connectivity index (χ4v) is 5.89. The van der Waals surface area contributed by atoms with Crippen molar-refractivity contribution >= 4 is 25.5 Å². The van der Waals surface area contributed by atoms with Gasteiger partial charge in [-0.2, -0.15) is 4.31 Å². The molecule has 0 radical (unpaired) electrons. The number of hydrogen-bond acceptors (Lipinski definition) is 5. The van der Waals surface area contributed by atoms with Crippen LogP contribution in [0.25, 0.3) is 0 Å². The van der Waals surface area contributed by atoms with Crippen molar-refractivity contribution in [2.45, 2.75) is 24.3 Å². The summed E-state index contributed by atoms with van der Waals surface area (Å²) in [4.78, 5) is 0.137. The average Bonchev–Trinajstić information content (AvgIpc) is 2.70. The predicted molar refractivity (Wildman–Crippen MR) is 77.5 cm³/mol. The standard InChI is InChI=1S/C12H18N2O4S2/c1-2-14(11-7-8-19(15,16)9-11)20(17,18)12-5-3-10(13)4-6-12/h3-6,11H,2,7-9,13H2,1H3. The lowest BCUT2D eigenvalue weighted by molar-refractivity contribution is 0.354. The molecule has 1 aliphatic heterocycles. The van der Waals surface area contributed by atoms with Crippen molar-refractivity contribution in [2.75, 3.05) is 23.8 Å². The lowest BCUT2D eigenvalue weighted by Gasteiger charge is -2.25. The Labute approximate surface area is 119 Å². The monoisotopic (exact) mass is 318 g/mol. The molecule has 1 atom stereocenters. The molecule has 2 N–H and O–H groups in total. The Morgan fingerprint density at radius 3 is 2.35 bits per heavy atom. The number of sulfone groups is 1. The van der Waals surface area contributed by atoms with E-state index in [1.54, 1.807) is 6.92 Å². The average molecular weight is 318 g/mol. The molecule has 6 nitrogen and oxygen atoms in total. The smallest absolute Gasteiger partial charge is 0.243 e. The topological polar surface area (TPSA) is 97.5 Å². The Kier molecular flexibility index (Phi) is 4.08. The van der Waals surface area contributed by atoms with Crippen LogP contribution in [0.1, 0.15) is 13.3 Å². The molecule has 112 valence electrons. The lowest BCUT2D eigenvalue weighted by Crippen LogP contribution is -2.40. The zero-order valence-electron chi connectivity index (χ0n) is 11.2. The van der Waals surface area contributed by atoms with Crippen molar-refractivity contribution in [3.8, 4) is 0 Å². The van der Waals surface area contributed by atoms with Crippen LogP contribution in [0.4, 0.5) is 5.69 Å². The van der Waals surface area contributed by atoms with Crippen LogP contribution in [0.5, 0.6) is 0 Å². The van der Waals surface area contributed by atoms with E-state index in [1.807, 2.05) is 0 Å². The summed E-state index contributed by atoms with van der Waals surface area (Å²) >= 11 is 0. The first-order chi connectivity index (χ1) is 9.26. The third-order valence-corrected chi connectivity index (χ3v) is 7.21. The van der Waals surface area contributed by atoms with Gasteiger partial charge < -0.3 is 5.73 Å². The van der Waals surface area contributed by atoms with E-state index in [-0.39, 0.29) is 22.9 Å². The molecule has 8 heteroatoms. The molecule has 1 heterocycles. The van der Waals surface area contributed by atoms with E-state index >= 15 is 0 Å². The van der Waals surface area contributed by atoms with Gasteiger partial charge in [0.25, 0.3) is 0 Å². The summed E-state index contributed by atoms with van der Waals surface area (Å²) in [5, 5.41) is 0. The SMILES string of the molecule is CCN(C1CCS(=O)(=O)C1)S(=O)(=O)c1ccc(N)cc1. The molecule has 20 heavy (non-hydrogen) atoms. The Balaban J connectivity index is 2.33. The Hall–Kier alpha value is -1.12. The number of nitrogens with zero attached hydrogens (tertiary/aromatic N) is 1. The van der Waals surface area contributed by atoms with E-state index < -0.39 is 25.9 Å². The van der Waals surface area contributed by atoms with Crippen LogP contribution in [-0.2, 0) is 19.9 Å². The predicted octanol–water partition coefficient (Wildman–Crippen LogP) is 0.467. The van der Waals surface area contributed by atoms with Gasteiger partial charge in [0.1, 0.15) is 0 Å². The molecule has 1 aliphatic rings. The van der Waals surface area contributed by atoms with Crippen molar-refractivity contribution in [3.05, 3.63) is 24.3 Å². The molecular formula is C12H18N2O4S2. The second kappa shape index (κ2) is 5.34. The zero-order chi connectivity index (χ0) is 15.0. The number of benzene rings is 1. The fraction of sp³-hybridized carbons (Fsp3) is 0.500. The van der Waals surface area contributed by atoms with Gasteiger partial charge in [0, 0.05) is 18.3 Å². The molecule has 0 amide bonds. The fourth-order valence-electron chi connectivity index (χ4n) is 2.40. The zero-order valence-corrected chi connectivity index (χ0v) is 12.8. The van der Waals surface area contributed by atoms with Gasteiger partial charge in [-0.1, -0.05) is 6.92 Å². The van der Waals surface area contributed by atoms with Crippen molar-refractivity contribution in [1.29, 1.82) is 0 Å². The number of rotatable bonds is 4. The Bertz CT molecular complexity index is 681. The van der Waals surface area contributed by atoms with E-state index in [0.717, 1.165) is 0 Å². The minimum atomic E-state index is -3.69. The maximum absolute atomic E-state index is 12.6. The molecule has 2 rings (SSSR count). The molecule has 0 bridgehead atoms. The first kappa shape index (κ1) is 15.3. The quantitative estimate of drug-likeness (QED) is 0.814. The van der Waals surface area contributed by atoms with Gasteiger partial charge in [0.15, 0.2) is 9.84 Å². The molecule has 1 unspecified atom stereocenters. The van der Waals surface area contributed by atoms with Gasteiger partial charge in [-0.15, -0.1) is 0 Å². The number of hydrogen-bond donors (Lipinski definition) is 1. The van der Waals surface area contributed by atoms with E-state index in [2.05, 4.69) is 0 Å². The molecule has 0 aliphatic carbocycles. The maximum atomic E-state index is 12.6. The van der Waals surface area contributed by atoms with Crippen LogP contribution in [0.3, 0.4) is 0 Å². The Morgan fingerprint density at radius 1 is 1.30 bits per heavy atom. The highest BCUT2D eigenvalue weighted by Gasteiger charge is 2.37. The summed E-state index contributed by atoms with van der Waals surface area (Å²) in [6.07, 6.45) is 0.352. The number of sulfonamides is 1. The molecule has 0 spiro atoms. The van der Waals surface area contributed by atoms with E-state index in [9.17, 15) is 16.8 Å². The molecular weight excluding hydrogens is 300 g/mol. The maximum Gasteiger partial charge on any atom is 0.243 e. The van der Waals surface area contributed by atoms with Crippen LogP contribution in [0.2, 0.25) is 0 Å². The first-order valence-corrected chi connectivity index (χ1v) is 9.60. The molecule has 1 aromatic carbocycles. The normalized spacial score (nSPS) is 22.2. The minimum absolute atomic E-state index is 0.0470. The van der Waals surface area contributed by atoms with Gasteiger partial charge >= 0.3 is 0 Å². The van der Waals surface area contributed by atoms with Crippen molar-refractivity contribution in [3.63, 3.8) is 0 Å². The van der Waals surface area contributed by atoms with Gasteiger partial charge in [0.05, 0.1) is 16.4 Å². The summed E-state index contributed by atoms with van der Waals surface area (Å²) in [6.45, 7) is 1.95. The molecule has 0 saturated carbocycles. The second-order valence-electron chi connectivity index (χ2n) is 4.83. The highest BCUT2D eigenvalue weighted by molar-refractivity contribution is 7.92. The van der Waals surface area contributed by atoms with Gasteiger partial charge in [-0.3, -0.25) is 0 Å². The van der Waals surface area contributed by atoms with Crippen LogP contribution in [0.15, 0.2) is 29.2 Å². The van der Waals surface area contributed by atoms with Crippen molar-refractivity contribution in [2.24, 2.45) is 0 Å². The van der Waals surface area contributed by atoms with E-state index in [1.165, 1.54) is 28.6 Å². The molecule has 1 fully saturated rings.